The van der Waals surface area contributed by atoms with Crippen LogP contribution in [0, 0.1) is 10.1 Å². The number of carbonyl (C=O) groups is 1. The summed E-state index contributed by atoms with van der Waals surface area (Å²) in [6, 6.07) is 1.62. The Morgan fingerprint density at radius 2 is 2.22 bits per heavy atom. The van der Waals surface area contributed by atoms with Gasteiger partial charge in [-0.05, 0) is 33.3 Å². The number of anilines is 1. The molecule has 0 radical (unpaired) electrons. The molecule has 1 amide bonds. The highest BCUT2D eigenvalue weighted by molar-refractivity contribution is 5.69. The van der Waals surface area contributed by atoms with E-state index in [1.165, 1.54) is 12.4 Å². The molecule has 126 valence electrons. The summed E-state index contributed by atoms with van der Waals surface area (Å²) in [7, 11) is 1.80. The minimum absolute atomic E-state index is 0.00335. The number of ether oxygens (including phenoxy) is 1. The van der Waals surface area contributed by atoms with E-state index in [4.69, 9.17) is 4.74 Å². The largest absolute Gasteiger partial charge is 0.444 e. The normalized spacial score (nSPS) is 17.9. The van der Waals surface area contributed by atoms with Crippen LogP contribution in [0.25, 0.3) is 0 Å². The van der Waals surface area contributed by atoms with Gasteiger partial charge in [0.1, 0.15) is 17.5 Å². The summed E-state index contributed by atoms with van der Waals surface area (Å²) in [5, 5.41) is 11.1. The van der Waals surface area contributed by atoms with Crippen LogP contribution in [-0.4, -0.2) is 52.7 Å². The lowest BCUT2D eigenvalue weighted by molar-refractivity contribution is -0.384. The van der Waals surface area contributed by atoms with Crippen LogP contribution >= 0.6 is 0 Å². The molecular formula is C15H22N4O4. The molecule has 0 unspecified atom stereocenters. The zero-order chi connectivity index (χ0) is 17.2. The topological polar surface area (TPSA) is 88.8 Å². The van der Waals surface area contributed by atoms with Gasteiger partial charge in [-0.15, -0.1) is 0 Å². The van der Waals surface area contributed by atoms with Crippen molar-refractivity contribution in [3.05, 3.63) is 28.6 Å². The number of likely N-dealkylation sites (N-methyl/N-ethyl adjacent to an activating group) is 1. The minimum atomic E-state index is -0.537. The van der Waals surface area contributed by atoms with Crippen molar-refractivity contribution in [2.24, 2.45) is 0 Å². The third-order valence-corrected chi connectivity index (χ3v) is 3.72. The van der Waals surface area contributed by atoms with E-state index in [0.717, 1.165) is 6.42 Å². The fourth-order valence-electron chi connectivity index (χ4n) is 2.56. The molecule has 23 heavy (non-hydrogen) atoms. The number of nitrogens with zero attached hydrogens (tertiary/aromatic N) is 4. The fraction of sp³-hybridized carbons (Fsp3) is 0.600. The zero-order valence-electron chi connectivity index (χ0n) is 13.9. The molecule has 8 heteroatoms. The standard InChI is InChI=1S/C15H22N4O4/c1-15(2,3)23-14(20)18-8-6-11(10-18)17(4)12-5-7-16-9-13(12)19(21)22/h5,7,9,11H,6,8,10H2,1-4H3/t11-/m0/s1. The molecule has 0 bridgehead atoms. The summed E-state index contributed by atoms with van der Waals surface area (Å²) in [4.78, 5) is 30.1. The van der Waals surface area contributed by atoms with Crippen LogP contribution in [0.1, 0.15) is 27.2 Å². The summed E-state index contributed by atoms with van der Waals surface area (Å²) in [5.74, 6) is 0. The zero-order valence-corrected chi connectivity index (χ0v) is 13.9. The monoisotopic (exact) mass is 322 g/mol. The molecular weight excluding hydrogens is 300 g/mol. The van der Waals surface area contributed by atoms with Gasteiger partial charge in [0.15, 0.2) is 0 Å². The molecule has 0 aromatic carbocycles. The molecule has 1 aromatic heterocycles. The maximum absolute atomic E-state index is 12.1. The van der Waals surface area contributed by atoms with Crippen molar-refractivity contribution < 1.29 is 14.5 Å². The van der Waals surface area contributed by atoms with Gasteiger partial charge in [0.25, 0.3) is 0 Å². The minimum Gasteiger partial charge on any atom is -0.444 e. The lowest BCUT2D eigenvalue weighted by Gasteiger charge is -2.27. The first kappa shape index (κ1) is 17.0. The van der Waals surface area contributed by atoms with Crippen molar-refractivity contribution in [2.75, 3.05) is 25.0 Å². The van der Waals surface area contributed by atoms with Gasteiger partial charge in [-0.3, -0.25) is 15.1 Å². The Labute approximate surface area is 135 Å². The molecule has 1 atom stereocenters. The molecule has 1 fully saturated rings. The average molecular weight is 322 g/mol. The van der Waals surface area contributed by atoms with E-state index in [-0.39, 0.29) is 17.8 Å². The highest BCUT2D eigenvalue weighted by Crippen LogP contribution is 2.29. The van der Waals surface area contributed by atoms with Crippen molar-refractivity contribution in [1.29, 1.82) is 0 Å². The predicted octanol–water partition coefficient (Wildman–Crippen LogP) is 2.44. The highest BCUT2D eigenvalue weighted by atomic mass is 16.6. The first-order valence-corrected chi connectivity index (χ1v) is 7.48. The number of carbonyl (C=O) groups excluding carboxylic acids is 1. The van der Waals surface area contributed by atoms with Gasteiger partial charge in [-0.25, -0.2) is 4.79 Å². The summed E-state index contributed by atoms with van der Waals surface area (Å²) in [6.45, 7) is 6.52. The van der Waals surface area contributed by atoms with Gasteiger partial charge in [0, 0.05) is 32.4 Å². The number of pyridine rings is 1. The number of amides is 1. The summed E-state index contributed by atoms with van der Waals surface area (Å²) < 4.78 is 5.37. The van der Waals surface area contributed by atoms with Crippen LogP contribution < -0.4 is 4.90 Å². The van der Waals surface area contributed by atoms with Gasteiger partial charge in [0.2, 0.25) is 0 Å². The van der Waals surface area contributed by atoms with Crippen molar-refractivity contribution >= 4 is 17.5 Å². The summed E-state index contributed by atoms with van der Waals surface area (Å²) >= 11 is 0. The predicted molar refractivity (Wildman–Crippen MR) is 85.5 cm³/mol. The number of nitro groups is 1. The maximum Gasteiger partial charge on any atom is 0.410 e. The van der Waals surface area contributed by atoms with Gasteiger partial charge in [-0.2, -0.15) is 0 Å². The molecule has 0 saturated carbocycles. The van der Waals surface area contributed by atoms with Crippen LogP contribution in [-0.2, 0) is 4.74 Å². The van der Waals surface area contributed by atoms with E-state index in [0.29, 0.717) is 18.8 Å². The Morgan fingerprint density at radius 1 is 1.52 bits per heavy atom. The van der Waals surface area contributed by atoms with Crippen LogP contribution in [0.15, 0.2) is 18.5 Å². The van der Waals surface area contributed by atoms with Crippen molar-refractivity contribution in [3.63, 3.8) is 0 Å². The molecule has 2 heterocycles. The third-order valence-electron chi connectivity index (χ3n) is 3.72. The molecule has 0 N–H and O–H groups in total. The van der Waals surface area contributed by atoms with E-state index in [9.17, 15) is 14.9 Å². The van der Waals surface area contributed by atoms with E-state index in [1.54, 1.807) is 18.0 Å². The quantitative estimate of drug-likeness (QED) is 0.627. The Kier molecular flexibility index (Phi) is 4.72. The second kappa shape index (κ2) is 6.39. The summed E-state index contributed by atoms with van der Waals surface area (Å²) in [6.07, 6.45) is 3.15. The third kappa shape index (κ3) is 4.08. The molecule has 1 aromatic rings. The number of likely N-dealkylation sites (tertiary alicyclic amines) is 1. The van der Waals surface area contributed by atoms with Gasteiger partial charge < -0.3 is 14.5 Å². The maximum atomic E-state index is 12.1. The Bertz CT molecular complexity index is 599. The fourth-order valence-corrected chi connectivity index (χ4v) is 2.56. The Balaban J connectivity index is 2.07. The van der Waals surface area contributed by atoms with Crippen molar-refractivity contribution in [2.45, 2.75) is 38.8 Å². The van der Waals surface area contributed by atoms with E-state index in [1.807, 2.05) is 25.7 Å². The lowest BCUT2D eigenvalue weighted by Crippen LogP contribution is -2.39. The van der Waals surface area contributed by atoms with Crippen LogP contribution in [0.3, 0.4) is 0 Å². The first-order valence-electron chi connectivity index (χ1n) is 7.48. The molecule has 0 aliphatic carbocycles. The number of rotatable bonds is 3. The van der Waals surface area contributed by atoms with Gasteiger partial charge in [-0.1, -0.05) is 0 Å². The SMILES string of the molecule is CN(c1ccncc1[N+](=O)[O-])[C@H]1CCN(C(=O)OC(C)(C)C)C1. The highest BCUT2D eigenvalue weighted by Gasteiger charge is 2.33. The van der Waals surface area contributed by atoms with E-state index < -0.39 is 10.5 Å². The smallest absolute Gasteiger partial charge is 0.410 e. The number of hydrogen-bond acceptors (Lipinski definition) is 6. The molecule has 0 spiro atoms. The Morgan fingerprint density at radius 3 is 2.83 bits per heavy atom. The number of aromatic nitrogens is 1. The molecule has 8 nitrogen and oxygen atoms in total. The lowest BCUT2D eigenvalue weighted by atomic mass is 10.2. The van der Waals surface area contributed by atoms with Gasteiger partial charge >= 0.3 is 11.8 Å². The second-order valence-electron chi connectivity index (χ2n) is 6.60. The Hall–Kier alpha value is -2.38. The average Bonchev–Trinajstić information content (AvgIpc) is 2.94. The first-order chi connectivity index (χ1) is 10.7. The van der Waals surface area contributed by atoms with Crippen LogP contribution in [0.5, 0.6) is 0 Å². The summed E-state index contributed by atoms with van der Waals surface area (Å²) in [5.41, 5.74) is -0.0722. The van der Waals surface area contributed by atoms with E-state index >= 15 is 0 Å². The molecule has 1 saturated heterocycles. The molecule has 1 aliphatic heterocycles. The van der Waals surface area contributed by atoms with Crippen LogP contribution in [0.4, 0.5) is 16.2 Å². The molecule has 2 rings (SSSR count). The van der Waals surface area contributed by atoms with E-state index in [2.05, 4.69) is 4.98 Å². The van der Waals surface area contributed by atoms with Gasteiger partial charge in [0.05, 0.1) is 4.92 Å². The van der Waals surface area contributed by atoms with Crippen molar-refractivity contribution in [3.8, 4) is 0 Å². The molecule has 1 aliphatic rings. The second-order valence-corrected chi connectivity index (χ2v) is 6.60. The van der Waals surface area contributed by atoms with Crippen molar-refractivity contribution in [1.82, 2.24) is 9.88 Å². The number of hydrogen-bond donors (Lipinski definition) is 0. The van der Waals surface area contributed by atoms with Crippen LogP contribution in [0.2, 0.25) is 0 Å².